The number of halogens is 1. The molecule has 32 heavy (non-hydrogen) atoms. The number of ether oxygens (including phenoxy) is 1. The molecule has 2 amide bonds. The van der Waals surface area contributed by atoms with Crippen LogP contribution in [-0.2, 0) is 4.74 Å². The molecular formula is C21H29ClN6O3S. The zero-order valence-corrected chi connectivity index (χ0v) is 20.5. The molecule has 174 valence electrons. The maximum absolute atomic E-state index is 13.1. The Kier molecular flexibility index (Phi) is 7.55. The lowest BCUT2D eigenvalue weighted by Gasteiger charge is -2.25. The fourth-order valence-corrected chi connectivity index (χ4v) is 4.38. The van der Waals surface area contributed by atoms with Gasteiger partial charge in [-0.05, 0) is 53.5 Å². The summed E-state index contributed by atoms with van der Waals surface area (Å²) in [6.45, 7) is 10.4. The van der Waals surface area contributed by atoms with Crippen LogP contribution in [0.15, 0.2) is 12.3 Å². The highest BCUT2D eigenvalue weighted by molar-refractivity contribution is 7.16. The third-order valence-corrected chi connectivity index (χ3v) is 5.82. The predicted molar refractivity (Wildman–Crippen MR) is 125 cm³/mol. The minimum atomic E-state index is -0.571. The van der Waals surface area contributed by atoms with Crippen LogP contribution in [0.4, 0.5) is 10.5 Å². The van der Waals surface area contributed by atoms with Gasteiger partial charge in [0.1, 0.15) is 10.8 Å². The molecule has 0 radical (unpaired) electrons. The molecule has 9 nitrogen and oxygen atoms in total. The van der Waals surface area contributed by atoms with Crippen LogP contribution < -0.4 is 10.6 Å². The van der Waals surface area contributed by atoms with Crippen molar-refractivity contribution in [2.45, 2.75) is 65.1 Å². The summed E-state index contributed by atoms with van der Waals surface area (Å²) in [6.07, 6.45) is 2.80. The molecule has 0 aliphatic carbocycles. The van der Waals surface area contributed by atoms with Crippen LogP contribution in [0.25, 0.3) is 10.6 Å². The van der Waals surface area contributed by atoms with Gasteiger partial charge < -0.3 is 20.3 Å². The van der Waals surface area contributed by atoms with Gasteiger partial charge in [-0.15, -0.1) is 10.2 Å². The molecule has 3 rings (SSSR count). The minimum absolute atomic E-state index is 0.113. The van der Waals surface area contributed by atoms with E-state index in [2.05, 4.69) is 25.8 Å². The highest BCUT2D eigenvalue weighted by Crippen LogP contribution is 2.32. The first kappa shape index (κ1) is 24.2. The Labute approximate surface area is 196 Å². The number of aromatic nitrogens is 3. The molecule has 11 heteroatoms. The topological polar surface area (TPSA) is 109 Å². The molecular weight excluding hydrogens is 452 g/mol. The summed E-state index contributed by atoms with van der Waals surface area (Å²) < 4.78 is 5.28. The normalized spacial score (nSPS) is 16.3. The summed E-state index contributed by atoms with van der Waals surface area (Å²) in [5.41, 5.74) is 0.956. The van der Waals surface area contributed by atoms with E-state index in [9.17, 15) is 9.59 Å². The second-order valence-corrected chi connectivity index (χ2v) is 10.3. The van der Waals surface area contributed by atoms with Gasteiger partial charge in [-0.3, -0.25) is 4.79 Å². The molecule has 0 spiro atoms. The minimum Gasteiger partial charge on any atom is -0.444 e. The van der Waals surface area contributed by atoms with E-state index in [0.29, 0.717) is 28.3 Å². The van der Waals surface area contributed by atoms with E-state index in [4.69, 9.17) is 16.3 Å². The van der Waals surface area contributed by atoms with Crippen LogP contribution in [0.5, 0.6) is 0 Å². The van der Waals surface area contributed by atoms with Crippen molar-refractivity contribution in [3.63, 3.8) is 0 Å². The standard InChI is InChI=1S/C21H29ClN6O3S/c1-12(2)25-15-9-16(22)23-11-14(15)17-26-27-18(32-17)19(29)28-8-6-7-13(28)10-24-20(30)31-21(3,4)5/h9,11-13H,6-8,10H2,1-5H3,(H,23,25)(H,24,30). The van der Waals surface area contributed by atoms with E-state index in [1.807, 2.05) is 34.6 Å². The van der Waals surface area contributed by atoms with Crippen molar-refractivity contribution >= 4 is 40.6 Å². The number of nitrogens with zero attached hydrogens (tertiary/aromatic N) is 4. The molecule has 0 bridgehead atoms. The number of rotatable bonds is 6. The molecule has 2 aromatic heterocycles. The van der Waals surface area contributed by atoms with Gasteiger partial charge in [-0.2, -0.15) is 0 Å². The summed E-state index contributed by atoms with van der Waals surface area (Å²) in [4.78, 5) is 31.0. The predicted octanol–water partition coefficient (Wildman–Crippen LogP) is 4.20. The lowest BCUT2D eigenvalue weighted by atomic mass is 10.2. The van der Waals surface area contributed by atoms with Gasteiger partial charge in [0, 0.05) is 37.1 Å². The van der Waals surface area contributed by atoms with E-state index in [0.717, 1.165) is 24.1 Å². The van der Waals surface area contributed by atoms with Crippen LogP contribution in [0.3, 0.4) is 0 Å². The SMILES string of the molecule is CC(C)Nc1cc(Cl)ncc1-c1nnc(C(=O)N2CCCC2CNC(=O)OC(C)(C)C)s1. The summed E-state index contributed by atoms with van der Waals surface area (Å²) >= 11 is 7.26. The monoisotopic (exact) mass is 480 g/mol. The Hall–Kier alpha value is -2.46. The molecule has 3 heterocycles. The zero-order valence-electron chi connectivity index (χ0n) is 18.9. The number of hydrogen-bond acceptors (Lipinski definition) is 8. The summed E-state index contributed by atoms with van der Waals surface area (Å²) in [7, 11) is 0. The summed E-state index contributed by atoms with van der Waals surface area (Å²) in [6, 6.07) is 1.81. The van der Waals surface area contributed by atoms with Crippen molar-refractivity contribution in [2.24, 2.45) is 0 Å². The number of alkyl carbamates (subject to hydrolysis) is 1. The molecule has 1 saturated heterocycles. The quantitative estimate of drug-likeness (QED) is 0.596. The number of anilines is 1. The van der Waals surface area contributed by atoms with E-state index >= 15 is 0 Å². The number of carbonyl (C=O) groups is 2. The van der Waals surface area contributed by atoms with E-state index in [-0.39, 0.29) is 18.0 Å². The lowest BCUT2D eigenvalue weighted by molar-refractivity contribution is 0.0501. The van der Waals surface area contributed by atoms with Crippen molar-refractivity contribution in [1.29, 1.82) is 0 Å². The molecule has 1 fully saturated rings. The average Bonchev–Trinajstić information content (AvgIpc) is 3.34. The summed E-state index contributed by atoms with van der Waals surface area (Å²) in [5.74, 6) is -0.192. The van der Waals surface area contributed by atoms with Crippen molar-refractivity contribution in [3.8, 4) is 10.6 Å². The molecule has 1 atom stereocenters. The third-order valence-electron chi connectivity index (χ3n) is 4.67. The highest BCUT2D eigenvalue weighted by Gasteiger charge is 2.32. The van der Waals surface area contributed by atoms with Crippen LogP contribution in [0.1, 0.15) is 57.3 Å². The Morgan fingerprint density at radius 3 is 2.78 bits per heavy atom. The van der Waals surface area contributed by atoms with E-state index in [1.54, 1.807) is 17.2 Å². The third kappa shape index (κ3) is 6.29. The summed E-state index contributed by atoms with van der Waals surface area (Å²) in [5, 5.41) is 15.7. The fraction of sp³-hybridized carbons (Fsp3) is 0.571. The van der Waals surface area contributed by atoms with Gasteiger partial charge in [0.15, 0.2) is 5.01 Å². The Morgan fingerprint density at radius 1 is 1.34 bits per heavy atom. The number of likely N-dealkylation sites (tertiary alicyclic amines) is 1. The van der Waals surface area contributed by atoms with Crippen LogP contribution in [-0.4, -0.2) is 62.9 Å². The van der Waals surface area contributed by atoms with Crippen LogP contribution >= 0.6 is 22.9 Å². The smallest absolute Gasteiger partial charge is 0.407 e. The molecule has 1 unspecified atom stereocenters. The van der Waals surface area contributed by atoms with E-state index < -0.39 is 11.7 Å². The van der Waals surface area contributed by atoms with Gasteiger partial charge in [0.05, 0.1) is 5.56 Å². The largest absolute Gasteiger partial charge is 0.444 e. The van der Waals surface area contributed by atoms with Crippen molar-refractivity contribution in [1.82, 2.24) is 25.4 Å². The maximum atomic E-state index is 13.1. The molecule has 2 N–H and O–H groups in total. The Morgan fingerprint density at radius 2 is 2.09 bits per heavy atom. The Balaban J connectivity index is 1.71. The van der Waals surface area contributed by atoms with Gasteiger partial charge in [0.2, 0.25) is 5.01 Å². The number of hydrogen-bond donors (Lipinski definition) is 2. The lowest BCUT2D eigenvalue weighted by Crippen LogP contribution is -2.44. The van der Waals surface area contributed by atoms with Crippen molar-refractivity contribution in [2.75, 3.05) is 18.4 Å². The first-order valence-corrected chi connectivity index (χ1v) is 11.8. The second kappa shape index (κ2) is 9.99. The maximum Gasteiger partial charge on any atom is 0.407 e. The molecule has 1 aliphatic heterocycles. The zero-order chi connectivity index (χ0) is 23.5. The fourth-order valence-electron chi connectivity index (χ4n) is 3.40. The van der Waals surface area contributed by atoms with Gasteiger partial charge in [-0.1, -0.05) is 22.9 Å². The van der Waals surface area contributed by atoms with E-state index in [1.165, 1.54) is 11.3 Å². The van der Waals surface area contributed by atoms with Gasteiger partial charge in [-0.25, -0.2) is 9.78 Å². The van der Waals surface area contributed by atoms with Crippen molar-refractivity contribution < 1.29 is 14.3 Å². The van der Waals surface area contributed by atoms with Crippen LogP contribution in [0.2, 0.25) is 5.15 Å². The highest BCUT2D eigenvalue weighted by atomic mass is 35.5. The molecule has 1 aliphatic rings. The van der Waals surface area contributed by atoms with Crippen LogP contribution in [0, 0.1) is 0 Å². The van der Waals surface area contributed by atoms with Gasteiger partial charge >= 0.3 is 6.09 Å². The first-order chi connectivity index (χ1) is 15.0. The molecule has 0 saturated carbocycles. The number of amides is 2. The number of pyridine rings is 1. The number of carbonyl (C=O) groups excluding carboxylic acids is 2. The molecule has 0 aromatic carbocycles. The Bertz CT molecular complexity index is 975. The molecule has 2 aromatic rings. The first-order valence-electron chi connectivity index (χ1n) is 10.6. The number of nitrogens with one attached hydrogen (secondary N) is 2. The average molecular weight is 481 g/mol. The van der Waals surface area contributed by atoms with Gasteiger partial charge in [0.25, 0.3) is 5.91 Å². The van der Waals surface area contributed by atoms with Crippen molar-refractivity contribution in [3.05, 3.63) is 22.4 Å². The second-order valence-electron chi connectivity index (χ2n) is 8.94.